The molecule has 0 fully saturated rings. The lowest BCUT2D eigenvalue weighted by Crippen LogP contribution is -2.41. The molecule has 0 aromatic heterocycles. The predicted octanol–water partition coefficient (Wildman–Crippen LogP) is 4.89. The van der Waals surface area contributed by atoms with Crippen molar-refractivity contribution in [2.24, 2.45) is 34.8 Å². The number of carbonyl (C=O) groups is 9. The molecule has 4 atom stereocenters. The zero-order chi connectivity index (χ0) is 88.0. The van der Waals surface area contributed by atoms with Gasteiger partial charge >= 0.3 is 11.9 Å². The molecule has 3 rings (SSSR count). The van der Waals surface area contributed by atoms with Gasteiger partial charge in [0.1, 0.15) is 24.2 Å². The molecule has 0 saturated carbocycles. The van der Waals surface area contributed by atoms with Crippen molar-refractivity contribution < 1.29 is 129 Å². The summed E-state index contributed by atoms with van der Waals surface area (Å²) in [6.07, 6.45) is 9.76. The van der Waals surface area contributed by atoms with Gasteiger partial charge in [0.2, 0.25) is 23.6 Å². The first-order valence-electron chi connectivity index (χ1n) is 44.0. The van der Waals surface area contributed by atoms with E-state index in [1.807, 2.05) is 24.3 Å². The van der Waals surface area contributed by atoms with Gasteiger partial charge in [-0.2, -0.15) is 0 Å². The Kier molecular flexibility index (Phi) is 73.3. The van der Waals surface area contributed by atoms with Gasteiger partial charge < -0.3 is 130 Å². The van der Waals surface area contributed by atoms with Crippen LogP contribution in [0.15, 0.2) is 48.5 Å². The number of benzene rings is 2. The van der Waals surface area contributed by atoms with Crippen LogP contribution >= 0.6 is 0 Å². The topological polar surface area (TPSA) is 483 Å². The lowest BCUT2D eigenvalue weighted by Gasteiger charge is -2.18. The molecular weight excluding hydrogens is 1600 g/mol. The van der Waals surface area contributed by atoms with Crippen molar-refractivity contribution >= 4 is 52.9 Å². The maximum Gasteiger partial charge on any atom is 0.326 e. The summed E-state index contributed by atoms with van der Waals surface area (Å²) >= 11 is 0. The molecule has 0 spiro atoms. The lowest BCUT2D eigenvalue weighted by atomic mass is 9.94. The maximum atomic E-state index is 13.2. The van der Waals surface area contributed by atoms with Crippen molar-refractivity contribution in [3.05, 3.63) is 59.7 Å². The van der Waals surface area contributed by atoms with E-state index >= 15 is 0 Å². The number of ether oxygens (including phenoxy) is 17. The van der Waals surface area contributed by atoms with E-state index < -0.39 is 35.8 Å². The van der Waals surface area contributed by atoms with E-state index in [4.69, 9.17) is 103 Å². The van der Waals surface area contributed by atoms with E-state index in [1.54, 1.807) is 0 Å². The predicted molar refractivity (Wildman–Crippen MR) is 462 cm³/mol. The number of esters is 1. The fraction of sp³-hybridized carbons (Fsp3) is 0.761. The monoisotopic (exact) mass is 1750 g/mol. The number of Topliss-reactive ketones (excluding diaryl/α,β-unsaturated/α-hetero) is 3. The van der Waals surface area contributed by atoms with Gasteiger partial charge in [-0.3, -0.25) is 38.4 Å². The van der Waals surface area contributed by atoms with Crippen LogP contribution in [0.25, 0.3) is 11.1 Å². The molecule has 123 heavy (non-hydrogen) atoms. The highest BCUT2D eigenvalue weighted by atomic mass is 16.6. The number of ketones is 3. The average Bonchev–Trinajstić information content (AvgIpc) is 1.62. The van der Waals surface area contributed by atoms with Crippen molar-refractivity contribution in [1.82, 2.24) is 21.3 Å². The van der Waals surface area contributed by atoms with Gasteiger partial charge in [0.15, 0.2) is 5.78 Å². The standard InChI is InChI=1S/C87H148N8O27.CH4/c88-29-9-5-15-70(85(102)93-34-42-113-50-58-121-66-64-119-56-48-111-40-28-83(100)95-80(87(104)105)22-8-12-32-91)67-72(96)25-37-108-45-53-116-61-59-114-51-43-106-35-13-23-81(98)79(21-7-11-31-90)94-82(99)27-39-110-47-55-118-63-65-120-57-49-112-41-33-92-86(103)71(16-6-10-30-89)68-73(97)26-38-109-46-54-117-62-60-115-52-44-107-36-14-24-84(101)122-69-78-76-19-3-1-17-74(76)75-18-2-4-20-77(75)78;/h1-4,17-20,70-71,78-80H,5-16,21-69,88-91H2,(H,92,103)(H,93,102)(H,94,99)(H,95,100)(H,104,105);1H4. The molecule has 0 radical (unpaired) electrons. The summed E-state index contributed by atoms with van der Waals surface area (Å²) in [5.74, 6) is -3.56. The maximum absolute atomic E-state index is 13.2. The Labute approximate surface area is 729 Å². The number of hydrogen-bond acceptors (Lipinski definition) is 30. The molecule has 2 aromatic carbocycles. The van der Waals surface area contributed by atoms with Crippen LogP contribution < -0.4 is 44.2 Å². The number of fused-ring (bicyclic) bond motifs is 3. The molecule has 13 N–H and O–H groups in total. The number of amides is 4. The molecule has 0 saturated heterocycles. The van der Waals surface area contributed by atoms with Crippen molar-refractivity contribution in [3.8, 4) is 11.1 Å². The Bertz CT molecular complexity index is 2980. The van der Waals surface area contributed by atoms with Gasteiger partial charge in [-0.25, -0.2) is 4.79 Å². The summed E-state index contributed by atoms with van der Waals surface area (Å²) in [5.41, 5.74) is 27.3. The molecule has 706 valence electrons. The number of rotatable bonds is 90. The van der Waals surface area contributed by atoms with Crippen LogP contribution in [0.4, 0.5) is 0 Å². The largest absolute Gasteiger partial charge is 0.480 e. The smallest absolute Gasteiger partial charge is 0.326 e. The number of nitrogens with one attached hydrogen (secondary N) is 4. The molecule has 35 heteroatoms. The highest BCUT2D eigenvalue weighted by Gasteiger charge is 2.30. The van der Waals surface area contributed by atoms with Crippen LogP contribution in [0.1, 0.15) is 166 Å². The minimum atomic E-state index is -1.08. The second-order valence-electron chi connectivity index (χ2n) is 29.1. The van der Waals surface area contributed by atoms with Crippen LogP contribution in [0, 0.1) is 11.8 Å². The number of hydrogen-bond donors (Lipinski definition) is 9. The van der Waals surface area contributed by atoms with Crippen molar-refractivity contribution in [2.45, 2.75) is 167 Å². The van der Waals surface area contributed by atoms with Crippen molar-refractivity contribution in [1.29, 1.82) is 0 Å². The SMILES string of the molecule is C.NCCCCC(CC(=O)CCOCCOCCOCCOCCCC(=O)C(CCCCN)NC(=O)CCOCCOCCOCCOCCNC(=O)C(CCCCN)CC(=O)CCOCCOCCOCCOCCCC(=O)OCC1c2ccccc2-c2ccccc21)C(=O)NCCOCCOCCOCCOCCC(=O)NC(CCCCN)C(=O)O. The number of carboxylic acids is 1. The Morgan fingerprint density at radius 2 is 0.618 bits per heavy atom. The fourth-order valence-corrected chi connectivity index (χ4v) is 12.6. The first kappa shape index (κ1) is 113. The molecule has 35 nitrogen and oxygen atoms in total. The average molecular weight is 1750 g/mol. The molecule has 0 heterocycles. The molecule has 1 aliphatic rings. The third-order valence-corrected chi connectivity index (χ3v) is 19.3. The van der Waals surface area contributed by atoms with Crippen LogP contribution in [0.3, 0.4) is 0 Å². The van der Waals surface area contributed by atoms with Crippen LogP contribution in [0.5, 0.6) is 0 Å². The van der Waals surface area contributed by atoms with E-state index in [-0.39, 0.29) is 178 Å². The summed E-state index contributed by atoms with van der Waals surface area (Å²) in [4.78, 5) is 114. The fourth-order valence-electron chi connectivity index (χ4n) is 12.6. The number of unbranched alkanes of at least 4 members (excludes halogenated alkanes) is 4. The van der Waals surface area contributed by atoms with E-state index in [1.165, 1.54) is 22.3 Å². The van der Waals surface area contributed by atoms with E-state index in [0.29, 0.717) is 243 Å². The molecule has 4 amide bonds. The van der Waals surface area contributed by atoms with E-state index in [0.717, 1.165) is 32.1 Å². The quantitative estimate of drug-likeness (QED) is 0.0314. The first-order chi connectivity index (χ1) is 59.7. The molecule has 2 aromatic rings. The van der Waals surface area contributed by atoms with E-state index in [2.05, 4.69) is 45.5 Å². The number of carbonyl (C=O) groups excluding carboxylic acids is 8. The van der Waals surface area contributed by atoms with Gasteiger partial charge in [0, 0.05) is 95.4 Å². The third kappa shape index (κ3) is 60.7. The Morgan fingerprint density at radius 1 is 0.325 bits per heavy atom. The highest BCUT2D eigenvalue weighted by molar-refractivity contribution is 5.90. The Balaban J connectivity index is 0.0000513. The molecular formula is C88H152N8O27. The van der Waals surface area contributed by atoms with E-state index in [9.17, 15) is 48.3 Å². The summed E-state index contributed by atoms with van der Waals surface area (Å²) in [5, 5.41) is 20.4. The second kappa shape index (κ2) is 80.1. The Hall–Kier alpha value is -6.53. The summed E-state index contributed by atoms with van der Waals surface area (Å²) in [6.45, 7) is 12.7. The van der Waals surface area contributed by atoms with Crippen molar-refractivity contribution in [3.63, 3.8) is 0 Å². The first-order valence-corrected chi connectivity index (χ1v) is 44.0. The summed E-state index contributed by atoms with van der Waals surface area (Å²) in [6, 6.07) is 14.9. The van der Waals surface area contributed by atoms with Gasteiger partial charge in [-0.15, -0.1) is 0 Å². The van der Waals surface area contributed by atoms with Crippen LogP contribution in [0.2, 0.25) is 0 Å². The van der Waals surface area contributed by atoms with Gasteiger partial charge in [-0.1, -0.05) is 68.8 Å². The van der Waals surface area contributed by atoms with Crippen LogP contribution in [-0.4, -0.2) is 327 Å². The van der Waals surface area contributed by atoms with Gasteiger partial charge in [0.25, 0.3) is 0 Å². The molecule has 0 bridgehead atoms. The zero-order valence-electron chi connectivity index (χ0n) is 72.5. The minimum absolute atomic E-state index is 0. The highest BCUT2D eigenvalue weighted by Crippen LogP contribution is 2.44. The summed E-state index contributed by atoms with van der Waals surface area (Å²) < 4.78 is 94.9. The Morgan fingerprint density at radius 3 is 0.967 bits per heavy atom. The number of carboxylic acid groups (broad SMARTS) is 1. The second-order valence-corrected chi connectivity index (χ2v) is 29.1. The number of nitrogens with two attached hydrogens (primary N) is 4. The lowest BCUT2D eigenvalue weighted by molar-refractivity contribution is -0.144. The zero-order valence-corrected chi connectivity index (χ0v) is 72.5. The van der Waals surface area contributed by atoms with Gasteiger partial charge in [-0.05, 0) is 125 Å². The normalized spacial score (nSPS) is 12.7. The van der Waals surface area contributed by atoms with Crippen LogP contribution in [-0.2, 0) is 124 Å². The minimum Gasteiger partial charge on any atom is -0.480 e. The molecule has 4 unspecified atom stereocenters. The number of aliphatic carboxylic acids is 1. The summed E-state index contributed by atoms with van der Waals surface area (Å²) in [7, 11) is 0. The molecule has 0 aliphatic heterocycles. The molecule has 1 aliphatic carbocycles. The van der Waals surface area contributed by atoms with Gasteiger partial charge in [0.05, 0.1) is 204 Å². The van der Waals surface area contributed by atoms with Crippen molar-refractivity contribution in [2.75, 3.05) is 257 Å². The third-order valence-electron chi connectivity index (χ3n) is 19.3.